The normalized spacial score (nSPS) is 11.7. The van der Waals surface area contributed by atoms with E-state index in [2.05, 4.69) is 10.3 Å². The maximum atomic E-state index is 13.0. The molecule has 2 aromatic carbocycles. The van der Waals surface area contributed by atoms with Crippen molar-refractivity contribution in [1.29, 1.82) is 0 Å². The van der Waals surface area contributed by atoms with Crippen molar-refractivity contribution in [2.75, 3.05) is 0 Å². The molecule has 0 spiro atoms. The van der Waals surface area contributed by atoms with E-state index in [1.807, 2.05) is 0 Å². The average Bonchev–Trinajstić information content (AvgIpc) is 2.91. The van der Waals surface area contributed by atoms with Crippen molar-refractivity contribution in [2.45, 2.75) is 17.1 Å². The number of halogens is 4. The van der Waals surface area contributed by atoms with Gasteiger partial charge in [0.2, 0.25) is 0 Å². The highest BCUT2D eigenvalue weighted by Crippen LogP contribution is 2.41. The fraction of sp³-hybridized carbons (Fsp3) is 0.125. The van der Waals surface area contributed by atoms with Gasteiger partial charge in [0.25, 0.3) is 0 Å². The summed E-state index contributed by atoms with van der Waals surface area (Å²) in [6.07, 6.45) is 0. The zero-order chi connectivity index (χ0) is 17.2. The Morgan fingerprint density at radius 1 is 1.00 bits per heavy atom. The van der Waals surface area contributed by atoms with Crippen LogP contribution in [0, 0.1) is 0 Å². The average molecular weight is 370 g/mol. The summed E-state index contributed by atoms with van der Waals surface area (Å²) in [5, 5.41) is 8.38. The van der Waals surface area contributed by atoms with Crippen molar-refractivity contribution >= 4 is 23.4 Å². The van der Waals surface area contributed by atoms with Gasteiger partial charge in [0.1, 0.15) is 10.7 Å². The van der Waals surface area contributed by atoms with Crippen LogP contribution in [0.3, 0.4) is 0 Å². The number of hydrogen-bond acceptors (Lipinski definition) is 3. The number of aromatic nitrogens is 3. The lowest BCUT2D eigenvalue weighted by atomic mass is 10.2. The van der Waals surface area contributed by atoms with E-state index in [0.29, 0.717) is 10.6 Å². The van der Waals surface area contributed by atoms with Crippen LogP contribution < -0.4 is 0 Å². The van der Waals surface area contributed by atoms with Gasteiger partial charge in [-0.1, -0.05) is 59.3 Å². The van der Waals surface area contributed by atoms with Crippen molar-refractivity contribution in [3.63, 3.8) is 0 Å². The minimum Gasteiger partial charge on any atom is -0.233 e. The lowest BCUT2D eigenvalue weighted by molar-refractivity contribution is -0.0330. The molecule has 0 aliphatic carbocycles. The van der Waals surface area contributed by atoms with E-state index in [1.165, 1.54) is 4.68 Å². The smallest absolute Gasteiger partial charge is 0.233 e. The molecule has 0 N–H and O–H groups in total. The minimum absolute atomic E-state index is 0.0383. The van der Waals surface area contributed by atoms with Gasteiger partial charge < -0.3 is 0 Å². The highest BCUT2D eigenvalue weighted by Gasteiger charge is 2.33. The van der Waals surface area contributed by atoms with Gasteiger partial charge in [0, 0.05) is 22.3 Å². The third-order valence-corrected chi connectivity index (χ3v) is 4.28. The molecule has 3 nitrogen and oxygen atoms in total. The molecule has 0 saturated carbocycles. The molecule has 0 amide bonds. The third-order valence-electron chi connectivity index (χ3n) is 3.19. The van der Waals surface area contributed by atoms with E-state index in [4.69, 9.17) is 11.6 Å². The number of thioether (sulfide) groups is 1. The molecule has 0 aliphatic rings. The minimum atomic E-state index is -4.43. The van der Waals surface area contributed by atoms with E-state index in [0.717, 1.165) is 5.56 Å². The van der Waals surface area contributed by atoms with Gasteiger partial charge in [-0.2, -0.15) is 13.2 Å². The predicted octanol–water partition coefficient (Wildman–Crippen LogP) is 5.26. The van der Waals surface area contributed by atoms with Crippen LogP contribution in [0.25, 0.3) is 11.3 Å². The van der Waals surface area contributed by atoms with Crippen LogP contribution in [0.2, 0.25) is 5.02 Å². The van der Waals surface area contributed by atoms with Crippen molar-refractivity contribution in [1.82, 2.24) is 15.0 Å². The summed E-state index contributed by atoms with van der Waals surface area (Å²) in [4.78, 5) is 0. The molecular formula is C16H11ClF3N3S. The van der Waals surface area contributed by atoms with Crippen LogP contribution in [-0.2, 0) is 6.54 Å². The summed E-state index contributed by atoms with van der Waals surface area (Å²) in [5.41, 5.74) is -2.84. The summed E-state index contributed by atoms with van der Waals surface area (Å²) in [5.74, 6) is 0. The molecule has 3 aromatic rings. The Hall–Kier alpha value is -1.99. The summed E-state index contributed by atoms with van der Waals surface area (Å²) < 4.78 is 40.1. The summed E-state index contributed by atoms with van der Waals surface area (Å²) >= 11 is 5.62. The Labute approximate surface area is 145 Å². The molecule has 3 rings (SSSR count). The van der Waals surface area contributed by atoms with Crippen molar-refractivity contribution < 1.29 is 13.2 Å². The standard InChI is InChI=1S/C16H11ClF3N3S/c17-13-8-6-11(7-9-13)10-23-15(24-16(18,19)20)14(21-22-23)12-4-2-1-3-5-12/h1-9H,10H2. The maximum Gasteiger partial charge on any atom is 0.447 e. The van der Waals surface area contributed by atoms with E-state index >= 15 is 0 Å². The number of hydrogen-bond donors (Lipinski definition) is 0. The molecule has 8 heteroatoms. The van der Waals surface area contributed by atoms with Crippen LogP contribution in [0.1, 0.15) is 5.56 Å². The quantitative estimate of drug-likeness (QED) is 0.588. The fourth-order valence-electron chi connectivity index (χ4n) is 2.16. The van der Waals surface area contributed by atoms with Gasteiger partial charge >= 0.3 is 5.51 Å². The lowest BCUT2D eigenvalue weighted by Gasteiger charge is -2.10. The highest BCUT2D eigenvalue weighted by atomic mass is 35.5. The van der Waals surface area contributed by atoms with Gasteiger partial charge in [0.05, 0.1) is 6.54 Å². The van der Waals surface area contributed by atoms with Crippen molar-refractivity contribution in [2.24, 2.45) is 0 Å². The number of benzene rings is 2. The molecule has 124 valence electrons. The Kier molecular flexibility index (Phi) is 4.82. The van der Waals surface area contributed by atoms with Crippen LogP contribution in [0.15, 0.2) is 59.6 Å². The highest BCUT2D eigenvalue weighted by molar-refractivity contribution is 8.00. The second-order valence-corrected chi connectivity index (χ2v) is 6.43. The van der Waals surface area contributed by atoms with E-state index in [1.54, 1.807) is 54.6 Å². The number of rotatable bonds is 4. The number of alkyl halides is 3. The predicted molar refractivity (Wildman–Crippen MR) is 87.9 cm³/mol. The van der Waals surface area contributed by atoms with Gasteiger partial charge in [-0.15, -0.1) is 5.10 Å². The van der Waals surface area contributed by atoms with Crippen LogP contribution >= 0.6 is 23.4 Å². The first-order valence-electron chi connectivity index (χ1n) is 6.91. The molecule has 24 heavy (non-hydrogen) atoms. The molecule has 0 fully saturated rings. The monoisotopic (exact) mass is 369 g/mol. The maximum absolute atomic E-state index is 13.0. The van der Waals surface area contributed by atoms with Crippen LogP contribution in [-0.4, -0.2) is 20.5 Å². The first-order chi connectivity index (χ1) is 11.4. The van der Waals surface area contributed by atoms with E-state index < -0.39 is 5.51 Å². The van der Waals surface area contributed by atoms with Gasteiger partial charge in [0.15, 0.2) is 0 Å². The zero-order valence-corrected chi connectivity index (χ0v) is 13.7. The Balaban J connectivity index is 1.99. The van der Waals surface area contributed by atoms with Gasteiger partial charge in [-0.05, 0) is 17.7 Å². The largest absolute Gasteiger partial charge is 0.447 e. The topological polar surface area (TPSA) is 30.7 Å². The van der Waals surface area contributed by atoms with Gasteiger partial charge in [-0.25, -0.2) is 4.68 Å². The van der Waals surface area contributed by atoms with Crippen molar-refractivity contribution in [3.05, 3.63) is 65.2 Å². The second kappa shape index (κ2) is 6.86. The first-order valence-corrected chi connectivity index (χ1v) is 8.11. The fourth-order valence-corrected chi connectivity index (χ4v) is 2.97. The first kappa shape index (κ1) is 16.9. The molecule has 1 heterocycles. The SMILES string of the molecule is FC(F)(F)Sc1c(-c2ccccc2)nnn1Cc1ccc(Cl)cc1. The molecule has 0 saturated heterocycles. The summed E-state index contributed by atoms with van der Waals surface area (Å²) in [6, 6.07) is 15.5. The summed E-state index contributed by atoms with van der Waals surface area (Å²) in [7, 11) is 0. The third kappa shape index (κ3) is 4.10. The Morgan fingerprint density at radius 3 is 2.29 bits per heavy atom. The Bertz CT molecular complexity index is 817. The van der Waals surface area contributed by atoms with E-state index in [9.17, 15) is 13.2 Å². The van der Waals surface area contributed by atoms with E-state index in [-0.39, 0.29) is 29.0 Å². The van der Waals surface area contributed by atoms with Crippen LogP contribution in [0.4, 0.5) is 13.2 Å². The molecule has 0 atom stereocenters. The second-order valence-electron chi connectivity index (χ2n) is 4.94. The lowest BCUT2D eigenvalue weighted by Crippen LogP contribution is -2.08. The summed E-state index contributed by atoms with van der Waals surface area (Å²) in [6.45, 7) is 0.176. The number of nitrogens with zero attached hydrogens (tertiary/aromatic N) is 3. The molecule has 0 radical (unpaired) electrons. The molecule has 0 unspecified atom stereocenters. The molecule has 0 aliphatic heterocycles. The molecular weight excluding hydrogens is 359 g/mol. The van der Waals surface area contributed by atoms with Gasteiger partial charge in [-0.3, -0.25) is 0 Å². The molecule has 1 aromatic heterocycles. The zero-order valence-electron chi connectivity index (χ0n) is 12.2. The Morgan fingerprint density at radius 2 is 1.67 bits per heavy atom. The molecule has 0 bridgehead atoms. The van der Waals surface area contributed by atoms with Crippen molar-refractivity contribution in [3.8, 4) is 11.3 Å². The van der Waals surface area contributed by atoms with Crippen LogP contribution in [0.5, 0.6) is 0 Å².